The lowest BCUT2D eigenvalue weighted by Crippen LogP contribution is -2.39. The van der Waals surface area contributed by atoms with E-state index in [0.717, 1.165) is 25.2 Å². The highest BCUT2D eigenvalue weighted by atomic mass is 32.2. The number of carbonyl (C=O) groups excluding carboxylic acids is 1. The fourth-order valence-electron chi connectivity index (χ4n) is 3.82. The lowest BCUT2D eigenvalue weighted by Gasteiger charge is -2.19. The quantitative estimate of drug-likeness (QED) is 0.321. The average molecular weight is 508 g/mol. The molecule has 0 unspecified atom stereocenters. The summed E-state index contributed by atoms with van der Waals surface area (Å²) in [5.74, 6) is 0.901. The molecule has 0 spiro atoms. The molecule has 1 heterocycles. The number of amides is 2. The van der Waals surface area contributed by atoms with Crippen molar-refractivity contribution in [2.24, 2.45) is 0 Å². The van der Waals surface area contributed by atoms with Gasteiger partial charge in [0.2, 0.25) is 10.0 Å². The summed E-state index contributed by atoms with van der Waals surface area (Å²) in [5.41, 5.74) is 1.12. The highest BCUT2D eigenvalue weighted by Crippen LogP contribution is 2.18. The Morgan fingerprint density at radius 1 is 1.06 bits per heavy atom. The van der Waals surface area contributed by atoms with E-state index in [0.29, 0.717) is 44.0 Å². The molecule has 1 atom stereocenters. The summed E-state index contributed by atoms with van der Waals surface area (Å²) in [4.78, 5) is 20.6. The van der Waals surface area contributed by atoms with E-state index >= 15 is 0 Å². The minimum Gasteiger partial charge on any atom is -0.331 e. The van der Waals surface area contributed by atoms with Gasteiger partial charge in [-0.05, 0) is 58.3 Å². The maximum atomic E-state index is 12.9. The van der Waals surface area contributed by atoms with Gasteiger partial charge in [0, 0.05) is 13.1 Å². The molecule has 0 saturated heterocycles. The van der Waals surface area contributed by atoms with Crippen molar-refractivity contribution < 1.29 is 13.2 Å². The Balaban J connectivity index is 2.07. The van der Waals surface area contributed by atoms with Crippen molar-refractivity contribution in [3.05, 3.63) is 47.5 Å². The molecule has 0 saturated carbocycles. The number of carbonyl (C=O) groups is 1. The smallest absolute Gasteiger partial charge is 0.317 e. The molecule has 35 heavy (non-hydrogen) atoms. The number of H-pyrrole nitrogens is 1. The van der Waals surface area contributed by atoms with Crippen LogP contribution in [0.25, 0.3) is 0 Å². The molecule has 2 aromatic rings. The normalized spacial score (nSPS) is 12.6. The molecular formula is C24H41N7O3S. The first-order valence-corrected chi connectivity index (χ1v) is 14.2. The van der Waals surface area contributed by atoms with Gasteiger partial charge in [0.05, 0.1) is 18.3 Å². The monoisotopic (exact) mass is 507 g/mol. The Hall–Kier alpha value is -2.50. The van der Waals surface area contributed by atoms with E-state index in [4.69, 9.17) is 0 Å². The number of aromatic nitrogens is 3. The molecule has 0 radical (unpaired) electrons. The van der Waals surface area contributed by atoms with Crippen molar-refractivity contribution in [2.45, 2.75) is 59.5 Å². The first-order chi connectivity index (χ1) is 16.8. The number of aryl methyl sites for hydroxylation is 1. The molecule has 196 valence electrons. The highest BCUT2D eigenvalue weighted by molar-refractivity contribution is 7.89. The first kappa shape index (κ1) is 28.7. The van der Waals surface area contributed by atoms with Crippen molar-refractivity contribution >= 4 is 16.1 Å². The van der Waals surface area contributed by atoms with Crippen LogP contribution in [0.5, 0.6) is 0 Å². The van der Waals surface area contributed by atoms with E-state index in [2.05, 4.69) is 44.0 Å². The predicted octanol–water partition coefficient (Wildman–Crippen LogP) is 2.68. The predicted molar refractivity (Wildman–Crippen MR) is 138 cm³/mol. The highest BCUT2D eigenvalue weighted by Gasteiger charge is 2.23. The number of rotatable bonds is 16. The van der Waals surface area contributed by atoms with Crippen LogP contribution in [0.4, 0.5) is 4.79 Å². The fraction of sp³-hybridized carbons (Fsp3) is 0.625. The van der Waals surface area contributed by atoms with E-state index in [1.807, 2.05) is 44.2 Å². The van der Waals surface area contributed by atoms with E-state index in [-0.39, 0.29) is 18.3 Å². The zero-order chi connectivity index (χ0) is 25.7. The van der Waals surface area contributed by atoms with Crippen molar-refractivity contribution in [3.8, 4) is 0 Å². The van der Waals surface area contributed by atoms with Crippen molar-refractivity contribution in [1.29, 1.82) is 0 Å². The molecule has 1 aromatic carbocycles. The van der Waals surface area contributed by atoms with Gasteiger partial charge >= 0.3 is 6.03 Å². The van der Waals surface area contributed by atoms with E-state index in [1.165, 1.54) is 0 Å². The molecule has 2 rings (SSSR count). The topological polar surface area (TPSA) is 123 Å². The third kappa shape index (κ3) is 9.95. The van der Waals surface area contributed by atoms with Crippen LogP contribution in [0, 0.1) is 0 Å². The van der Waals surface area contributed by atoms with Crippen molar-refractivity contribution in [3.63, 3.8) is 0 Å². The van der Waals surface area contributed by atoms with Gasteiger partial charge in [-0.3, -0.25) is 5.10 Å². The van der Waals surface area contributed by atoms with Crippen molar-refractivity contribution in [2.75, 3.05) is 38.5 Å². The van der Waals surface area contributed by atoms with Gasteiger partial charge in [0.25, 0.3) is 0 Å². The number of aromatic amines is 1. The van der Waals surface area contributed by atoms with Gasteiger partial charge in [0.1, 0.15) is 5.82 Å². The van der Waals surface area contributed by atoms with Gasteiger partial charge < -0.3 is 15.1 Å². The van der Waals surface area contributed by atoms with E-state index in [1.54, 1.807) is 4.90 Å². The molecule has 11 heteroatoms. The number of hydrogen-bond donors (Lipinski definition) is 3. The molecular weight excluding hydrogens is 466 g/mol. The molecule has 10 nitrogen and oxygen atoms in total. The maximum Gasteiger partial charge on any atom is 0.317 e. The largest absolute Gasteiger partial charge is 0.331 e. The standard InChI is InChI=1S/C24H41N7O3S/c1-5-30(6-2)17-12-18-35(33,34)29-21(16-15-20-13-10-9-11-14-20)23-26-22(27-28-23)19-25-24(32)31(7-3)8-4/h9-11,13-14,21,29H,5-8,12,15-19H2,1-4H3,(H,25,32)(H,26,27,28)/t21-/m1/s1. The summed E-state index contributed by atoms with van der Waals surface area (Å²) in [7, 11) is -3.52. The average Bonchev–Trinajstić information content (AvgIpc) is 3.33. The Labute approximate surface area is 209 Å². The summed E-state index contributed by atoms with van der Waals surface area (Å²) >= 11 is 0. The number of benzene rings is 1. The van der Waals surface area contributed by atoms with Crippen molar-refractivity contribution in [1.82, 2.24) is 35.0 Å². The van der Waals surface area contributed by atoms with Crippen LogP contribution in [0.1, 0.15) is 63.8 Å². The molecule has 0 bridgehead atoms. The second kappa shape index (κ2) is 14.8. The van der Waals surface area contributed by atoms with E-state index < -0.39 is 16.1 Å². The molecule has 1 aromatic heterocycles. The maximum absolute atomic E-state index is 12.9. The van der Waals surface area contributed by atoms with Gasteiger partial charge in [-0.15, -0.1) is 0 Å². The Morgan fingerprint density at radius 2 is 1.74 bits per heavy atom. The number of sulfonamides is 1. The molecule has 0 aliphatic heterocycles. The summed E-state index contributed by atoms with van der Waals surface area (Å²) < 4.78 is 28.6. The van der Waals surface area contributed by atoms with Gasteiger partial charge in [-0.2, -0.15) is 5.10 Å². The minimum absolute atomic E-state index is 0.0479. The Morgan fingerprint density at radius 3 is 2.37 bits per heavy atom. The zero-order valence-corrected chi connectivity index (χ0v) is 22.3. The number of nitrogens with zero attached hydrogens (tertiary/aromatic N) is 4. The van der Waals surface area contributed by atoms with Gasteiger partial charge in [0.15, 0.2) is 5.82 Å². The van der Waals surface area contributed by atoms with E-state index in [9.17, 15) is 13.2 Å². The van der Waals surface area contributed by atoms with Crippen LogP contribution in [0.15, 0.2) is 30.3 Å². The van der Waals surface area contributed by atoms with Gasteiger partial charge in [-0.25, -0.2) is 22.9 Å². The van der Waals surface area contributed by atoms with Crippen LogP contribution >= 0.6 is 0 Å². The second-order valence-corrected chi connectivity index (χ2v) is 10.2. The number of urea groups is 1. The minimum atomic E-state index is -3.52. The molecule has 0 aliphatic carbocycles. The Bertz CT molecular complexity index is 974. The third-order valence-electron chi connectivity index (χ3n) is 6.00. The lowest BCUT2D eigenvalue weighted by atomic mass is 10.1. The van der Waals surface area contributed by atoms with Crippen LogP contribution < -0.4 is 10.0 Å². The van der Waals surface area contributed by atoms with Gasteiger partial charge in [-0.1, -0.05) is 44.2 Å². The molecule has 0 aliphatic rings. The summed E-state index contributed by atoms with van der Waals surface area (Å²) in [5, 5.41) is 9.89. The zero-order valence-electron chi connectivity index (χ0n) is 21.5. The fourth-order valence-corrected chi connectivity index (χ4v) is 5.11. The Kier molecular flexibility index (Phi) is 12.1. The summed E-state index contributed by atoms with van der Waals surface area (Å²) in [6.07, 6.45) is 1.77. The van der Waals surface area contributed by atoms with Crippen LogP contribution in [-0.4, -0.2) is 77.9 Å². The second-order valence-electron chi connectivity index (χ2n) is 8.36. The third-order valence-corrected chi connectivity index (χ3v) is 7.47. The molecule has 0 fully saturated rings. The first-order valence-electron chi connectivity index (χ1n) is 12.5. The van der Waals surface area contributed by atoms with Crippen LogP contribution in [0.2, 0.25) is 0 Å². The van der Waals surface area contributed by atoms with Crippen LogP contribution in [0.3, 0.4) is 0 Å². The number of nitrogens with one attached hydrogen (secondary N) is 3. The lowest BCUT2D eigenvalue weighted by molar-refractivity contribution is 0.202. The molecule has 3 N–H and O–H groups in total. The van der Waals surface area contributed by atoms with Crippen LogP contribution in [-0.2, 0) is 23.0 Å². The SMILES string of the molecule is CCN(CC)CCCS(=O)(=O)N[C@H](CCc1ccccc1)c1nc(CNC(=O)N(CC)CC)n[nH]1. The summed E-state index contributed by atoms with van der Waals surface area (Å²) in [6, 6.07) is 9.19. The summed E-state index contributed by atoms with van der Waals surface area (Å²) in [6.45, 7) is 11.9. The molecule has 2 amide bonds. The number of hydrogen-bond acceptors (Lipinski definition) is 6.